The van der Waals surface area contributed by atoms with Gasteiger partial charge in [-0.15, -0.1) is 11.3 Å². The van der Waals surface area contributed by atoms with Crippen LogP contribution >= 0.6 is 11.3 Å². The first-order valence-corrected chi connectivity index (χ1v) is 10.8. The zero-order valence-corrected chi connectivity index (χ0v) is 17.8. The Morgan fingerprint density at radius 2 is 1.94 bits per heavy atom. The molecule has 3 heterocycles. The van der Waals surface area contributed by atoms with Crippen molar-refractivity contribution in [1.82, 2.24) is 9.97 Å². The molecule has 10 heteroatoms. The van der Waals surface area contributed by atoms with Crippen molar-refractivity contribution in [3.05, 3.63) is 66.0 Å². The molecule has 7 nitrogen and oxygen atoms in total. The summed E-state index contributed by atoms with van der Waals surface area (Å²) >= 11 is 1.32. The molecule has 0 bridgehead atoms. The number of primary amides is 1. The van der Waals surface area contributed by atoms with Crippen LogP contribution in [-0.4, -0.2) is 28.3 Å². The number of urea groups is 1. The van der Waals surface area contributed by atoms with Gasteiger partial charge in [0.15, 0.2) is 17.9 Å². The standard InChI is InChI=1S/C23H16F2N4O3S/c24-20-16(29(23(26)31)13-2-3-13)5-6-17(21(20)25)32-18-7-8-27-15-9-19(33-22(15)18)14-4-1-12(11-30)10-28-14/h1,4-11,13H,2-3H2,(H2,26,31). The molecule has 1 aromatic carbocycles. The summed E-state index contributed by atoms with van der Waals surface area (Å²) in [5, 5.41) is 0. The number of nitrogens with zero attached hydrogens (tertiary/aromatic N) is 3. The summed E-state index contributed by atoms with van der Waals surface area (Å²) in [6.45, 7) is 0. The minimum absolute atomic E-state index is 0.210. The topological polar surface area (TPSA) is 98.4 Å². The van der Waals surface area contributed by atoms with Gasteiger partial charge >= 0.3 is 6.03 Å². The molecule has 1 aliphatic carbocycles. The van der Waals surface area contributed by atoms with Crippen LogP contribution in [0.4, 0.5) is 19.3 Å². The van der Waals surface area contributed by atoms with Crippen molar-refractivity contribution in [2.24, 2.45) is 5.73 Å². The predicted octanol–water partition coefficient (Wildman–Crippen LogP) is 5.29. The predicted molar refractivity (Wildman–Crippen MR) is 120 cm³/mol. The van der Waals surface area contributed by atoms with E-state index < -0.39 is 17.7 Å². The molecule has 5 rings (SSSR count). The smallest absolute Gasteiger partial charge is 0.319 e. The maximum atomic E-state index is 14.9. The van der Waals surface area contributed by atoms with Gasteiger partial charge in [0.05, 0.1) is 26.5 Å². The van der Waals surface area contributed by atoms with E-state index in [-0.39, 0.29) is 17.5 Å². The molecule has 2 amide bonds. The summed E-state index contributed by atoms with van der Waals surface area (Å²) in [7, 11) is 0. The van der Waals surface area contributed by atoms with Crippen LogP contribution in [0.2, 0.25) is 0 Å². The van der Waals surface area contributed by atoms with Crippen molar-refractivity contribution in [1.29, 1.82) is 0 Å². The Hall–Kier alpha value is -3.92. The van der Waals surface area contributed by atoms with Crippen LogP contribution in [0.25, 0.3) is 20.8 Å². The van der Waals surface area contributed by atoms with Crippen molar-refractivity contribution >= 4 is 39.6 Å². The zero-order chi connectivity index (χ0) is 23.1. The minimum Gasteiger partial charge on any atom is -0.453 e. The van der Waals surface area contributed by atoms with Gasteiger partial charge in [-0.25, -0.2) is 9.18 Å². The lowest BCUT2D eigenvalue weighted by Gasteiger charge is -2.21. The number of benzene rings is 1. The second-order valence-corrected chi connectivity index (χ2v) is 8.53. The molecular weight excluding hydrogens is 450 g/mol. The third kappa shape index (κ3) is 3.89. The van der Waals surface area contributed by atoms with E-state index in [1.807, 2.05) is 0 Å². The molecule has 166 valence electrons. The minimum atomic E-state index is -1.22. The largest absolute Gasteiger partial charge is 0.453 e. The molecule has 0 spiro atoms. The lowest BCUT2D eigenvalue weighted by atomic mass is 10.2. The van der Waals surface area contributed by atoms with Gasteiger partial charge < -0.3 is 10.5 Å². The van der Waals surface area contributed by atoms with Crippen LogP contribution in [0.15, 0.2) is 48.8 Å². The first kappa shape index (κ1) is 21.0. The number of carbonyl (C=O) groups excluding carboxylic acids is 2. The van der Waals surface area contributed by atoms with Gasteiger partial charge in [0.2, 0.25) is 5.82 Å². The highest BCUT2D eigenvalue weighted by atomic mass is 32.1. The van der Waals surface area contributed by atoms with Crippen molar-refractivity contribution in [3.8, 4) is 22.1 Å². The Labute approximate surface area is 190 Å². The van der Waals surface area contributed by atoms with Crippen LogP contribution in [0, 0.1) is 11.6 Å². The molecule has 0 atom stereocenters. The van der Waals surface area contributed by atoms with E-state index in [1.165, 1.54) is 35.9 Å². The molecule has 33 heavy (non-hydrogen) atoms. The van der Waals surface area contributed by atoms with E-state index in [0.717, 1.165) is 9.78 Å². The summed E-state index contributed by atoms with van der Waals surface area (Å²) < 4.78 is 36.0. The average Bonchev–Trinajstić information content (AvgIpc) is 3.55. The fourth-order valence-corrected chi connectivity index (χ4v) is 4.52. The first-order valence-electron chi connectivity index (χ1n) is 10.0. The lowest BCUT2D eigenvalue weighted by Crippen LogP contribution is -2.38. The number of thiophene rings is 1. The fraction of sp³-hybridized carbons (Fsp3) is 0.130. The Bertz CT molecular complexity index is 1390. The third-order valence-corrected chi connectivity index (χ3v) is 6.37. The number of aromatic nitrogens is 2. The molecule has 2 N–H and O–H groups in total. The van der Waals surface area contributed by atoms with Gasteiger partial charge in [0, 0.05) is 30.1 Å². The van der Waals surface area contributed by atoms with E-state index in [0.29, 0.717) is 46.4 Å². The van der Waals surface area contributed by atoms with Crippen molar-refractivity contribution in [3.63, 3.8) is 0 Å². The third-order valence-electron chi connectivity index (χ3n) is 5.21. The number of aldehydes is 1. The number of pyridine rings is 2. The van der Waals surface area contributed by atoms with Crippen LogP contribution in [-0.2, 0) is 0 Å². The average molecular weight is 466 g/mol. The highest BCUT2D eigenvalue weighted by molar-refractivity contribution is 7.22. The number of carbonyl (C=O) groups is 2. The number of amides is 2. The second kappa shape index (κ2) is 8.21. The van der Waals surface area contributed by atoms with Crippen LogP contribution in [0.3, 0.4) is 0 Å². The molecule has 0 aliphatic heterocycles. The summed E-state index contributed by atoms with van der Waals surface area (Å²) in [5.41, 5.74) is 6.84. The lowest BCUT2D eigenvalue weighted by molar-refractivity contribution is 0.112. The summed E-state index contributed by atoms with van der Waals surface area (Å²) in [6.07, 6.45) is 5.05. The van der Waals surface area contributed by atoms with Crippen LogP contribution in [0.1, 0.15) is 23.2 Å². The molecule has 1 aliphatic rings. The van der Waals surface area contributed by atoms with E-state index in [4.69, 9.17) is 10.5 Å². The van der Waals surface area contributed by atoms with Gasteiger partial charge in [0.25, 0.3) is 0 Å². The van der Waals surface area contributed by atoms with Gasteiger partial charge in [-0.1, -0.05) is 0 Å². The number of fused-ring (bicyclic) bond motifs is 1. The van der Waals surface area contributed by atoms with E-state index in [1.54, 1.807) is 24.3 Å². The molecule has 1 saturated carbocycles. The van der Waals surface area contributed by atoms with Crippen LogP contribution < -0.4 is 15.4 Å². The number of nitrogens with two attached hydrogens (primary N) is 1. The van der Waals surface area contributed by atoms with E-state index in [9.17, 15) is 18.4 Å². The highest BCUT2D eigenvalue weighted by Gasteiger charge is 2.35. The van der Waals surface area contributed by atoms with Gasteiger partial charge in [0.1, 0.15) is 5.75 Å². The Morgan fingerprint density at radius 1 is 1.12 bits per heavy atom. The molecule has 4 aromatic rings. The highest BCUT2D eigenvalue weighted by Crippen LogP contribution is 2.41. The molecule has 1 fully saturated rings. The normalized spacial score (nSPS) is 13.2. The van der Waals surface area contributed by atoms with Crippen molar-refractivity contribution < 1.29 is 23.1 Å². The molecule has 0 unspecified atom stereocenters. The van der Waals surface area contributed by atoms with Crippen molar-refractivity contribution in [2.75, 3.05) is 4.90 Å². The van der Waals surface area contributed by atoms with Gasteiger partial charge in [-0.05, 0) is 43.2 Å². The van der Waals surface area contributed by atoms with E-state index >= 15 is 0 Å². The second-order valence-electron chi connectivity index (χ2n) is 7.48. The number of halogens is 2. The number of rotatable bonds is 6. The van der Waals surface area contributed by atoms with Crippen molar-refractivity contribution in [2.45, 2.75) is 18.9 Å². The molecule has 0 radical (unpaired) electrons. The molecule has 3 aromatic heterocycles. The maximum Gasteiger partial charge on any atom is 0.319 e. The Kier molecular flexibility index (Phi) is 5.21. The number of anilines is 1. The fourth-order valence-electron chi connectivity index (χ4n) is 3.48. The quantitative estimate of drug-likeness (QED) is 0.390. The van der Waals surface area contributed by atoms with Gasteiger partial charge in [-0.2, -0.15) is 4.39 Å². The SMILES string of the molecule is NC(=O)N(c1ccc(Oc2ccnc3cc(-c4ccc(C=O)cn4)sc23)c(F)c1F)C1CC1. The summed E-state index contributed by atoms with van der Waals surface area (Å²) in [6, 6.07) is 8.23. The zero-order valence-electron chi connectivity index (χ0n) is 17.0. The number of hydrogen-bond donors (Lipinski definition) is 1. The van der Waals surface area contributed by atoms with Crippen LogP contribution in [0.5, 0.6) is 11.5 Å². The Morgan fingerprint density at radius 3 is 2.61 bits per heavy atom. The molecular formula is C23H16F2N4O3S. The van der Waals surface area contributed by atoms with Gasteiger partial charge in [-0.3, -0.25) is 19.7 Å². The molecule has 0 saturated heterocycles. The summed E-state index contributed by atoms with van der Waals surface area (Å²) in [5.74, 6) is -2.45. The monoisotopic (exact) mass is 466 g/mol. The number of ether oxygens (including phenoxy) is 1. The number of hydrogen-bond acceptors (Lipinski definition) is 6. The first-order chi connectivity index (χ1) is 16.0. The Balaban J connectivity index is 1.49. The maximum absolute atomic E-state index is 14.9. The summed E-state index contributed by atoms with van der Waals surface area (Å²) in [4.78, 5) is 33.0. The van der Waals surface area contributed by atoms with E-state index in [2.05, 4.69) is 9.97 Å².